The van der Waals surface area contributed by atoms with Gasteiger partial charge < -0.3 is 15.0 Å². The number of carbonyl (C=O) groups is 1. The molecule has 1 aliphatic carbocycles. The zero-order valence-corrected chi connectivity index (χ0v) is 17.8. The number of hydrogen-bond acceptors (Lipinski definition) is 4. The first kappa shape index (κ1) is 20.3. The summed E-state index contributed by atoms with van der Waals surface area (Å²) in [6.45, 7) is 5.87. The van der Waals surface area contributed by atoms with Gasteiger partial charge in [0.2, 0.25) is 5.91 Å². The van der Waals surface area contributed by atoms with Crippen LogP contribution in [-0.2, 0) is 11.8 Å². The Kier molecular flexibility index (Phi) is 5.20. The van der Waals surface area contributed by atoms with E-state index in [-0.39, 0.29) is 17.4 Å². The summed E-state index contributed by atoms with van der Waals surface area (Å²) in [5.74, 6) is 0.547. The average molecular weight is 405 g/mol. The van der Waals surface area contributed by atoms with Crippen molar-refractivity contribution in [3.05, 3.63) is 57.5 Å². The molecule has 1 aromatic carbocycles. The number of aliphatic hydroxyl groups excluding tert-OH is 1. The number of rotatable bonds is 5. The molecule has 4 rings (SSSR count). The van der Waals surface area contributed by atoms with E-state index in [4.69, 9.17) is 0 Å². The van der Waals surface area contributed by atoms with Crippen molar-refractivity contribution in [2.24, 2.45) is 13.0 Å². The molecule has 1 saturated carbocycles. The summed E-state index contributed by atoms with van der Waals surface area (Å²) in [5.41, 5.74) is 4.88. The van der Waals surface area contributed by atoms with Crippen LogP contribution in [0.2, 0.25) is 0 Å². The third-order valence-corrected chi connectivity index (χ3v) is 5.90. The van der Waals surface area contributed by atoms with Crippen LogP contribution in [0.25, 0.3) is 22.0 Å². The molecule has 1 aliphatic rings. The molecule has 2 heterocycles. The third kappa shape index (κ3) is 3.63. The summed E-state index contributed by atoms with van der Waals surface area (Å²) >= 11 is 0. The summed E-state index contributed by atoms with van der Waals surface area (Å²) in [6.07, 6.45) is 3.67. The van der Waals surface area contributed by atoms with Crippen LogP contribution in [-0.4, -0.2) is 20.6 Å². The number of fused-ring (bicyclic) bond motifs is 1. The quantitative estimate of drug-likeness (QED) is 0.672. The molecule has 1 atom stereocenters. The molecule has 0 radical (unpaired) electrons. The number of amides is 1. The first-order chi connectivity index (χ1) is 14.3. The molecule has 0 saturated heterocycles. The number of carbonyl (C=O) groups excluding carboxylic acids is 1. The largest absolute Gasteiger partial charge is 0.388 e. The van der Waals surface area contributed by atoms with Crippen LogP contribution in [0.15, 0.2) is 35.3 Å². The number of pyridine rings is 2. The van der Waals surface area contributed by atoms with Gasteiger partial charge in [0.1, 0.15) is 5.82 Å². The molecule has 156 valence electrons. The van der Waals surface area contributed by atoms with Crippen molar-refractivity contribution in [3.8, 4) is 11.1 Å². The average Bonchev–Trinajstić information content (AvgIpc) is 3.56. The molecule has 0 aliphatic heterocycles. The van der Waals surface area contributed by atoms with E-state index in [0.29, 0.717) is 17.8 Å². The standard InChI is InChI=1S/C24H27N3O3/c1-5-20(28)16-8-13(2)22(14(3)9-16)18-10-17-12-25-21(26-23(29)15-6-7-15)11-19(17)27(4)24(18)30/h8-12,15,20,28H,5-7H2,1-4H3,(H,25,26,29)/t20-/m0/s1. The molecule has 0 bridgehead atoms. The Bertz CT molecular complexity index is 1190. The third-order valence-electron chi connectivity index (χ3n) is 5.90. The van der Waals surface area contributed by atoms with Crippen LogP contribution in [0.1, 0.15) is 49.0 Å². The number of aromatic nitrogens is 2. The minimum atomic E-state index is -0.510. The van der Waals surface area contributed by atoms with Gasteiger partial charge in [-0.1, -0.05) is 19.1 Å². The number of hydrogen-bond donors (Lipinski definition) is 2. The zero-order valence-electron chi connectivity index (χ0n) is 17.8. The fourth-order valence-corrected chi connectivity index (χ4v) is 4.04. The maximum atomic E-state index is 13.2. The van der Waals surface area contributed by atoms with Crippen molar-refractivity contribution in [2.45, 2.75) is 46.1 Å². The Morgan fingerprint density at radius 2 is 1.90 bits per heavy atom. The van der Waals surface area contributed by atoms with Gasteiger partial charge in [-0.25, -0.2) is 4.98 Å². The smallest absolute Gasteiger partial charge is 0.258 e. The SMILES string of the molecule is CC[C@H](O)c1cc(C)c(-c2cc3cnc(NC(=O)C4CC4)cc3n(C)c2=O)c(C)c1. The Balaban J connectivity index is 1.80. The first-order valence-electron chi connectivity index (χ1n) is 10.4. The Morgan fingerprint density at radius 3 is 2.50 bits per heavy atom. The van der Waals surface area contributed by atoms with Gasteiger partial charge in [0.25, 0.3) is 5.56 Å². The molecule has 0 spiro atoms. The second-order valence-electron chi connectivity index (χ2n) is 8.27. The van der Waals surface area contributed by atoms with Crippen molar-refractivity contribution >= 4 is 22.6 Å². The zero-order chi connectivity index (χ0) is 21.6. The molecule has 2 aromatic heterocycles. The summed E-state index contributed by atoms with van der Waals surface area (Å²) < 4.78 is 1.60. The Labute approximate surface area is 175 Å². The normalized spacial score (nSPS) is 14.7. The predicted octanol–water partition coefficient (Wildman–Crippen LogP) is 4.01. The summed E-state index contributed by atoms with van der Waals surface area (Å²) in [6, 6.07) is 7.52. The fraction of sp³-hybridized carbons (Fsp3) is 0.375. The highest BCUT2D eigenvalue weighted by Gasteiger charge is 2.29. The highest BCUT2D eigenvalue weighted by Crippen LogP contribution is 2.32. The van der Waals surface area contributed by atoms with Crippen LogP contribution in [0.5, 0.6) is 0 Å². The van der Waals surface area contributed by atoms with Gasteiger partial charge in [0.15, 0.2) is 0 Å². The number of nitrogens with zero attached hydrogens (tertiary/aromatic N) is 2. The van der Waals surface area contributed by atoms with Crippen molar-refractivity contribution < 1.29 is 9.90 Å². The number of benzene rings is 1. The molecule has 1 amide bonds. The van der Waals surface area contributed by atoms with E-state index < -0.39 is 6.10 Å². The summed E-state index contributed by atoms with van der Waals surface area (Å²) in [4.78, 5) is 29.6. The maximum Gasteiger partial charge on any atom is 0.258 e. The second-order valence-corrected chi connectivity index (χ2v) is 8.27. The molecule has 6 nitrogen and oxygen atoms in total. The minimum Gasteiger partial charge on any atom is -0.388 e. The van der Waals surface area contributed by atoms with Crippen molar-refractivity contribution in [3.63, 3.8) is 0 Å². The van der Waals surface area contributed by atoms with Crippen molar-refractivity contribution in [1.29, 1.82) is 0 Å². The van der Waals surface area contributed by atoms with Crippen molar-refractivity contribution in [1.82, 2.24) is 9.55 Å². The van der Waals surface area contributed by atoms with E-state index in [1.807, 2.05) is 39.0 Å². The van der Waals surface area contributed by atoms with Gasteiger partial charge in [-0.2, -0.15) is 0 Å². The lowest BCUT2D eigenvalue weighted by atomic mass is 9.91. The van der Waals surface area contributed by atoms with E-state index in [1.165, 1.54) is 0 Å². The van der Waals surface area contributed by atoms with Crippen LogP contribution in [0, 0.1) is 19.8 Å². The number of nitrogens with one attached hydrogen (secondary N) is 1. The van der Waals surface area contributed by atoms with Crippen LogP contribution >= 0.6 is 0 Å². The lowest BCUT2D eigenvalue weighted by Gasteiger charge is -2.17. The molecule has 30 heavy (non-hydrogen) atoms. The fourth-order valence-electron chi connectivity index (χ4n) is 4.04. The van der Waals surface area contributed by atoms with E-state index in [9.17, 15) is 14.7 Å². The van der Waals surface area contributed by atoms with Gasteiger partial charge in [0.05, 0.1) is 11.6 Å². The van der Waals surface area contributed by atoms with Gasteiger partial charge >= 0.3 is 0 Å². The number of aliphatic hydroxyl groups is 1. The Hall–Kier alpha value is -2.99. The first-order valence-corrected chi connectivity index (χ1v) is 10.4. The second kappa shape index (κ2) is 7.69. The topological polar surface area (TPSA) is 84.2 Å². The molecular weight excluding hydrogens is 378 g/mol. The lowest BCUT2D eigenvalue weighted by Crippen LogP contribution is -2.20. The van der Waals surface area contributed by atoms with Gasteiger partial charge in [-0.05, 0) is 61.4 Å². The molecule has 1 fully saturated rings. The Morgan fingerprint density at radius 1 is 1.23 bits per heavy atom. The van der Waals surface area contributed by atoms with Gasteiger partial charge in [-0.3, -0.25) is 9.59 Å². The van der Waals surface area contributed by atoms with Crippen molar-refractivity contribution in [2.75, 3.05) is 5.32 Å². The molecular formula is C24H27N3O3. The number of aryl methyl sites for hydroxylation is 3. The highest BCUT2D eigenvalue weighted by molar-refractivity contribution is 5.95. The van der Waals surface area contributed by atoms with E-state index in [2.05, 4.69) is 10.3 Å². The van der Waals surface area contributed by atoms with Crippen LogP contribution < -0.4 is 10.9 Å². The molecule has 0 unspecified atom stereocenters. The van der Waals surface area contributed by atoms with E-state index in [0.717, 1.165) is 46.0 Å². The number of anilines is 1. The van der Waals surface area contributed by atoms with Gasteiger partial charge in [0, 0.05) is 36.2 Å². The lowest BCUT2D eigenvalue weighted by molar-refractivity contribution is -0.117. The molecule has 6 heteroatoms. The summed E-state index contributed by atoms with van der Waals surface area (Å²) in [7, 11) is 1.74. The van der Waals surface area contributed by atoms with E-state index >= 15 is 0 Å². The van der Waals surface area contributed by atoms with Crippen LogP contribution in [0.4, 0.5) is 5.82 Å². The van der Waals surface area contributed by atoms with Crippen LogP contribution in [0.3, 0.4) is 0 Å². The molecule has 2 N–H and O–H groups in total. The maximum absolute atomic E-state index is 13.2. The summed E-state index contributed by atoms with van der Waals surface area (Å²) in [5, 5.41) is 13.9. The monoisotopic (exact) mass is 405 g/mol. The van der Waals surface area contributed by atoms with Gasteiger partial charge in [-0.15, -0.1) is 0 Å². The molecule has 3 aromatic rings. The predicted molar refractivity (Wildman–Crippen MR) is 118 cm³/mol. The van der Waals surface area contributed by atoms with E-state index in [1.54, 1.807) is 23.9 Å². The highest BCUT2D eigenvalue weighted by atomic mass is 16.3. The minimum absolute atomic E-state index is 0.0101.